The van der Waals surface area contributed by atoms with Crippen molar-refractivity contribution in [2.75, 3.05) is 5.32 Å². The first-order valence-corrected chi connectivity index (χ1v) is 11.8. The number of benzene rings is 2. The Morgan fingerprint density at radius 3 is 2.32 bits per heavy atom. The summed E-state index contributed by atoms with van der Waals surface area (Å²) in [6.45, 7) is 2.97. The van der Waals surface area contributed by atoms with Crippen molar-refractivity contribution in [3.63, 3.8) is 0 Å². The minimum Gasteiger partial charge on any atom is -0.324 e. The SMILES string of the molecule is Cn1ncc(/C=C/C(=O)Nc2ccc(C(C)(C)P(=O)(O)O)cc2)c1-c1ccc(Br)cc1. The predicted octanol–water partition coefficient (Wildman–Crippen LogP) is 4.91. The molecular formula is C22H23BrN3O4P. The smallest absolute Gasteiger partial charge is 0.324 e. The van der Waals surface area contributed by atoms with Gasteiger partial charge in [-0.1, -0.05) is 40.2 Å². The highest BCUT2D eigenvalue weighted by atomic mass is 79.9. The summed E-state index contributed by atoms with van der Waals surface area (Å²) in [4.78, 5) is 31.4. The molecule has 0 fully saturated rings. The second kappa shape index (κ2) is 8.93. The number of carbonyl (C=O) groups is 1. The standard InChI is InChI=1S/C22H23BrN3O4P/c1-22(2,31(28,29)30)17-7-11-19(12-8-17)25-20(27)13-6-16-14-24-26(3)21(16)15-4-9-18(23)10-5-15/h4-14H,1-3H3,(H,25,27)(H2,28,29,30)/b13-6+. The average molecular weight is 504 g/mol. The van der Waals surface area contributed by atoms with Crippen LogP contribution in [0.4, 0.5) is 5.69 Å². The van der Waals surface area contributed by atoms with Crippen LogP contribution in [-0.2, 0) is 21.6 Å². The van der Waals surface area contributed by atoms with E-state index in [4.69, 9.17) is 0 Å². The second-order valence-electron chi connectivity index (χ2n) is 7.58. The quantitative estimate of drug-likeness (QED) is 0.327. The van der Waals surface area contributed by atoms with E-state index in [0.717, 1.165) is 21.3 Å². The van der Waals surface area contributed by atoms with E-state index >= 15 is 0 Å². The van der Waals surface area contributed by atoms with Crippen LogP contribution in [0.25, 0.3) is 17.3 Å². The van der Waals surface area contributed by atoms with Gasteiger partial charge in [0.25, 0.3) is 0 Å². The molecule has 162 valence electrons. The van der Waals surface area contributed by atoms with E-state index < -0.39 is 12.8 Å². The lowest BCUT2D eigenvalue weighted by molar-refractivity contribution is -0.111. The van der Waals surface area contributed by atoms with Crippen molar-refractivity contribution in [1.82, 2.24) is 9.78 Å². The van der Waals surface area contributed by atoms with Crippen molar-refractivity contribution in [2.24, 2.45) is 7.05 Å². The number of hydrogen-bond acceptors (Lipinski definition) is 3. The minimum absolute atomic E-state index is 0.326. The van der Waals surface area contributed by atoms with Crippen molar-refractivity contribution in [1.29, 1.82) is 0 Å². The topological polar surface area (TPSA) is 104 Å². The number of aromatic nitrogens is 2. The van der Waals surface area contributed by atoms with Gasteiger partial charge in [-0.3, -0.25) is 14.0 Å². The molecule has 3 rings (SSSR count). The van der Waals surface area contributed by atoms with Gasteiger partial charge in [-0.25, -0.2) is 0 Å². The highest BCUT2D eigenvalue weighted by molar-refractivity contribution is 9.10. The highest BCUT2D eigenvalue weighted by Crippen LogP contribution is 2.56. The monoisotopic (exact) mass is 503 g/mol. The van der Waals surface area contributed by atoms with Crippen LogP contribution in [0.2, 0.25) is 0 Å². The molecular weight excluding hydrogens is 481 g/mol. The van der Waals surface area contributed by atoms with Gasteiger partial charge in [-0.15, -0.1) is 0 Å². The Morgan fingerprint density at radius 1 is 1.13 bits per heavy atom. The van der Waals surface area contributed by atoms with E-state index in [1.807, 2.05) is 31.3 Å². The lowest BCUT2D eigenvalue weighted by Crippen LogP contribution is -2.17. The predicted molar refractivity (Wildman–Crippen MR) is 126 cm³/mol. The molecule has 3 N–H and O–H groups in total. The maximum absolute atomic E-state index is 12.4. The average Bonchev–Trinajstić information content (AvgIpc) is 3.07. The number of anilines is 1. The van der Waals surface area contributed by atoms with Crippen LogP contribution < -0.4 is 5.32 Å². The van der Waals surface area contributed by atoms with Crippen molar-refractivity contribution >= 4 is 41.2 Å². The summed E-state index contributed by atoms with van der Waals surface area (Å²) >= 11 is 3.42. The van der Waals surface area contributed by atoms with Crippen LogP contribution in [-0.4, -0.2) is 25.5 Å². The normalized spacial score (nSPS) is 12.3. The van der Waals surface area contributed by atoms with E-state index in [1.165, 1.54) is 19.9 Å². The fourth-order valence-corrected chi connectivity index (χ4v) is 3.77. The van der Waals surface area contributed by atoms with Crippen LogP contribution in [0.3, 0.4) is 0 Å². The number of nitrogens with one attached hydrogen (secondary N) is 1. The Bertz CT molecular complexity index is 1160. The van der Waals surface area contributed by atoms with Gasteiger partial charge >= 0.3 is 7.60 Å². The van der Waals surface area contributed by atoms with Gasteiger partial charge in [0.2, 0.25) is 5.91 Å². The molecule has 1 heterocycles. The largest absolute Gasteiger partial charge is 0.335 e. The molecule has 1 amide bonds. The zero-order chi connectivity index (χ0) is 22.8. The third-order valence-electron chi connectivity index (χ3n) is 5.09. The van der Waals surface area contributed by atoms with Gasteiger partial charge in [-0.2, -0.15) is 5.10 Å². The fourth-order valence-electron chi connectivity index (χ4n) is 3.02. The van der Waals surface area contributed by atoms with Gasteiger partial charge < -0.3 is 15.1 Å². The molecule has 9 heteroatoms. The molecule has 0 aliphatic rings. The summed E-state index contributed by atoms with van der Waals surface area (Å²) < 4.78 is 14.4. The molecule has 0 bridgehead atoms. The molecule has 0 spiro atoms. The van der Waals surface area contributed by atoms with E-state index in [2.05, 4.69) is 26.3 Å². The number of aryl methyl sites for hydroxylation is 1. The number of rotatable bonds is 6. The summed E-state index contributed by atoms with van der Waals surface area (Å²) in [5, 5.41) is 5.73. The Morgan fingerprint density at radius 2 is 1.74 bits per heavy atom. The molecule has 0 radical (unpaired) electrons. The maximum atomic E-state index is 12.4. The highest BCUT2D eigenvalue weighted by Gasteiger charge is 2.39. The zero-order valence-electron chi connectivity index (χ0n) is 17.3. The Kier molecular flexibility index (Phi) is 6.67. The molecule has 1 aromatic heterocycles. The second-order valence-corrected chi connectivity index (χ2v) is 10.7. The third-order valence-corrected chi connectivity index (χ3v) is 7.33. The molecule has 0 aliphatic heterocycles. The molecule has 0 saturated heterocycles. The van der Waals surface area contributed by atoms with Crippen molar-refractivity contribution < 1.29 is 19.1 Å². The molecule has 0 unspecified atom stereocenters. The Balaban J connectivity index is 1.74. The number of amides is 1. The molecule has 7 nitrogen and oxygen atoms in total. The lowest BCUT2D eigenvalue weighted by atomic mass is 10.0. The van der Waals surface area contributed by atoms with E-state index in [1.54, 1.807) is 41.2 Å². The van der Waals surface area contributed by atoms with Crippen LogP contribution in [0.15, 0.2) is 65.3 Å². The van der Waals surface area contributed by atoms with Crippen molar-refractivity contribution in [3.05, 3.63) is 76.4 Å². The van der Waals surface area contributed by atoms with Gasteiger partial charge in [0.05, 0.1) is 17.0 Å². The Labute approximate surface area is 189 Å². The molecule has 0 atom stereocenters. The first-order valence-electron chi connectivity index (χ1n) is 9.42. The van der Waals surface area contributed by atoms with E-state index in [0.29, 0.717) is 11.3 Å². The number of nitrogens with zero attached hydrogens (tertiary/aromatic N) is 2. The molecule has 2 aromatic carbocycles. The van der Waals surface area contributed by atoms with Crippen LogP contribution in [0.5, 0.6) is 0 Å². The van der Waals surface area contributed by atoms with Crippen LogP contribution in [0.1, 0.15) is 25.0 Å². The maximum Gasteiger partial charge on any atom is 0.335 e. The van der Waals surface area contributed by atoms with E-state index in [9.17, 15) is 19.1 Å². The molecule has 0 aliphatic carbocycles. The number of halogens is 1. The lowest BCUT2D eigenvalue weighted by Gasteiger charge is -2.26. The number of hydrogen-bond donors (Lipinski definition) is 3. The van der Waals surface area contributed by atoms with Crippen molar-refractivity contribution in [3.8, 4) is 11.3 Å². The zero-order valence-corrected chi connectivity index (χ0v) is 19.8. The summed E-state index contributed by atoms with van der Waals surface area (Å²) in [5.41, 5.74) is 3.69. The first-order chi connectivity index (χ1) is 14.5. The van der Waals surface area contributed by atoms with Gasteiger partial charge in [0.15, 0.2) is 0 Å². The Hall–Kier alpha value is -2.51. The van der Waals surface area contributed by atoms with Gasteiger partial charge in [0.1, 0.15) is 0 Å². The van der Waals surface area contributed by atoms with Crippen molar-refractivity contribution in [2.45, 2.75) is 19.0 Å². The summed E-state index contributed by atoms with van der Waals surface area (Å²) in [5.74, 6) is -0.326. The third kappa shape index (κ3) is 5.22. The molecule has 3 aromatic rings. The summed E-state index contributed by atoms with van der Waals surface area (Å²) in [7, 11) is -2.48. The number of carbonyl (C=O) groups excluding carboxylic acids is 1. The summed E-state index contributed by atoms with van der Waals surface area (Å²) in [6, 6.07) is 14.3. The fraction of sp³-hybridized carbons (Fsp3) is 0.182. The van der Waals surface area contributed by atoms with Gasteiger partial charge in [-0.05, 0) is 49.8 Å². The first kappa shape index (κ1) is 23.2. The van der Waals surface area contributed by atoms with Crippen LogP contribution >= 0.6 is 23.5 Å². The summed E-state index contributed by atoms with van der Waals surface area (Å²) in [6.07, 6.45) is 4.82. The van der Waals surface area contributed by atoms with Crippen LogP contribution in [0, 0.1) is 0 Å². The minimum atomic E-state index is -4.32. The van der Waals surface area contributed by atoms with E-state index in [-0.39, 0.29) is 5.91 Å². The molecule has 0 saturated carbocycles. The van der Waals surface area contributed by atoms with Gasteiger partial charge in [0, 0.05) is 34.4 Å². The molecule has 31 heavy (non-hydrogen) atoms.